The molecule has 4 N–H and O–H groups in total. The van der Waals surface area contributed by atoms with Gasteiger partial charge in [-0.2, -0.15) is 5.10 Å². The standard InChI is InChI=1S/C17H15ClFN7O2/c18-6-14(27)25-13-5-10(1-2-12(13)19)8-26-9-11(7-23-26)24-17(28)15-16(20)22-4-3-21-15/h1-5,7,9H,6,8H2,(H2,20,22)(H,24,28)(H,25,27). The summed E-state index contributed by atoms with van der Waals surface area (Å²) >= 11 is 5.42. The molecule has 28 heavy (non-hydrogen) atoms. The summed E-state index contributed by atoms with van der Waals surface area (Å²) in [6.07, 6.45) is 5.79. The third kappa shape index (κ3) is 4.60. The number of nitrogens with zero attached hydrogens (tertiary/aromatic N) is 4. The summed E-state index contributed by atoms with van der Waals surface area (Å²) in [4.78, 5) is 31.3. The summed E-state index contributed by atoms with van der Waals surface area (Å²) in [6.45, 7) is 0.285. The SMILES string of the molecule is Nc1nccnc1C(=O)Nc1cnn(Cc2ccc(F)c(NC(=O)CCl)c2)c1. The maximum Gasteiger partial charge on any atom is 0.278 e. The molecule has 9 nitrogen and oxygen atoms in total. The van der Waals surface area contributed by atoms with E-state index in [1.807, 2.05) is 0 Å². The number of hydrogen-bond acceptors (Lipinski definition) is 6. The van der Waals surface area contributed by atoms with Crippen molar-refractivity contribution < 1.29 is 14.0 Å². The van der Waals surface area contributed by atoms with Crippen molar-refractivity contribution in [1.82, 2.24) is 19.7 Å². The number of nitrogens with two attached hydrogens (primary N) is 1. The highest BCUT2D eigenvalue weighted by Crippen LogP contribution is 2.18. The predicted molar refractivity (Wildman–Crippen MR) is 101 cm³/mol. The monoisotopic (exact) mass is 403 g/mol. The first kappa shape index (κ1) is 19.2. The molecule has 2 heterocycles. The van der Waals surface area contributed by atoms with Crippen LogP contribution in [-0.4, -0.2) is 37.4 Å². The number of carbonyl (C=O) groups is 2. The van der Waals surface area contributed by atoms with Crippen molar-refractivity contribution in [3.8, 4) is 0 Å². The second kappa shape index (κ2) is 8.44. The highest BCUT2D eigenvalue weighted by Gasteiger charge is 2.13. The normalized spacial score (nSPS) is 10.5. The molecule has 11 heteroatoms. The minimum absolute atomic E-state index is 0.00783. The Kier molecular flexibility index (Phi) is 5.80. The number of halogens is 2. The highest BCUT2D eigenvalue weighted by molar-refractivity contribution is 6.29. The van der Waals surface area contributed by atoms with Crippen LogP contribution in [0.15, 0.2) is 43.0 Å². The van der Waals surface area contributed by atoms with Gasteiger partial charge in [0.25, 0.3) is 5.91 Å². The molecule has 0 saturated carbocycles. The minimum atomic E-state index is -0.572. The lowest BCUT2D eigenvalue weighted by molar-refractivity contribution is -0.113. The van der Waals surface area contributed by atoms with Gasteiger partial charge in [-0.05, 0) is 17.7 Å². The van der Waals surface area contributed by atoms with Crippen LogP contribution in [0.2, 0.25) is 0 Å². The van der Waals surface area contributed by atoms with Crippen LogP contribution in [0.5, 0.6) is 0 Å². The van der Waals surface area contributed by atoms with E-state index in [9.17, 15) is 14.0 Å². The third-order valence-electron chi connectivity index (χ3n) is 3.60. The van der Waals surface area contributed by atoms with Gasteiger partial charge in [-0.15, -0.1) is 11.6 Å². The molecule has 2 amide bonds. The number of amides is 2. The second-order valence-corrected chi connectivity index (χ2v) is 5.93. The van der Waals surface area contributed by atoms with Crippen molar-refractivity contribution in [2.75, 3.05) is 22.2 Å². The summed E-state index contributed by atoms with van der Waals surface area (Å²) in [5, 5.41) is 9.15. The minimum Gasteiger partial charge on any atom is -0.382 e. The van der Waals surface area contributed by atoms with Gasteiger partial charge < -0.3 is 16.4 Å². The number of benzene rings is 1. The molecule has 1 aromatic carbocycles. The molecule has 0 atom stereocenters. The Morgan fingerprint density at radius 3 is 2.75 bits per heavy atom. The van der Waals surface area contributed by atoms with Gasteiger partial charge in [-0.1, -0.05) is 6.07 Å². The van der Waals surface area contributed by atoms with Crippen LogP contribution in [0.3, 0.4) is 0 Å². The molecule has 0 bridgehead atoms. The van der Waals surface area contributed by atoms with E-state index in [0.717, 1.165) is 0 Å². The number of alkyl halides is 1. The van der Waals surface area contributed by atoms with Gasteiger partial charge in [0.1, 0.15) is 11.7 Å². The molecule has 0 fully saturated rings. The molecule has 0 aliphatic carbocycles. The van der Waals surface area contributed by atoms with E-state index in [1.54, 1.807) is 12.3 Å². The van der Waals surface area contributed by atoms with Gasteiger partial charge in [0.15, 0.2) is 11.5 Å². The van der Waals surface area contributed by atoms with Crippen LogP contribution >= 0.6 is 11.6 Å². The van der Waals surface area contributed by atoms with Gasteiger partial charge in [0.2, 0.25) is 5.91 Å². The van der Waals surface area contributed by atoms with Crippen LogP contribution in [0.1, 0.15) is 16.1 Å². The number of rotatable bonds is 6. The van der Waals surface area contributed by atoms with Crippen molar-refractivity contribution in [3.05, 3.63) is 60.1 Å². The molecule has 0 unspecified atom stereocenters. The van der Waals surface area contributed by atoms with E-state index < -0.39 is 17.6 Å². The van der Waals surface area contributed by atoms with E-state index in [4.69, 9.17) is 17.3 Å². The summed E-state index contributed by atoms with van der Waals surface area (Å²) in [5.41, 5.74) is 6.78. The predicted octanol–water partition coefficient (Wildman–Crippen LogP) is 1.87. The zero-order valence-corrected chi connectivity index (χ0v) is 15.2. The Labute approximate surface area is 163 Å². The van der Waals surface area contributed by atoms with Crippen molar-refractivity contribution in [2.24, 2.45) is 0 Å². The summed E-state index contributed by atoms with van der Waals surface area (Å²) in [6, 6.07) is 4.29. The maximum absolute atomic E-state index is 13.8. The molecule has 3 rings (SSSR count). The zero-order valence-electron chi connectivity index (χ0n) is 14.4. The first-order valence-electron chi connectivity index (χ1n) is 8.01. The first-order chi connectivity index (χ1) is 13.5. The second-order valence-electron chi connectivity index (χ2n) is 5.67. The third-order valence-corrected chi connectivity index (χ3v) is 3.85. The summed E-state index contributed by atoms with van der Waals surface area (Å²) in [7, 11) is 0. The van der Waals surface area contributed by atoms with Crippen LogP contribution < -0.4 is 16.4 Å². The lowest BCUT2D eigenvalue weighted by Gasteiger charge is -2.08. The smallest absolute Gasteiger partial charge is 0.278 e. The first-order valence-corrected chi connectivity index (χ1v) is 8.54. The maximum atomic E-state index is 13.8. The van der Waals surface area contributed by atoms with Crippen molar-refractivity contribution in [2.45, 2.75) is 6.54 Å². The van der Waals surface area contributed by atoms with Gasteiger partial charge in [0.05, 0.1) is 24.1 Å². The highest BCUT2D eigenvalue weighted by atomic mass is 35.5. The largest absolute Gasteiger partial charge is 0.382 e. The van der Waals surface area contributed by atoms with Crippen LogP contribution in [-0.2, 0) is 11.3 Å². The Bertz CT molecular complexity index is 1020. The number of hydrogen-bond donors (Lipinski definition) is 3. The summed E-state index contributed by atoms with van der Waals surface area (Å²) < 4.78 is 15.3. The van der Waals surface area contributed by atoms with E-state index in [1.165, 1.54) is 35.4 Å². The van der Waals surface area contributed by atoms with Crippen LogP contribution in [0, 0.1) is 5.82 Å². The zero-order chi connectivity index (χ0) is 20.1. The van der Waals surface area contributed by atoms with E-state index in [-0.39, 0.29) is 29.6 Å². The number of nitrogens with one attached hydrogen (secondary N) is 2. The van der Waals surface area contributed by atoms with E-state index in [2.05, 4.69) is 25.7 Å². The number of nitrogen functional groups attached to an aromatic ring is 1. The molecule has 3 aromatic rings. The Morgan fingerprint density at radius 1 is 1.21 bits per heavy atom. The van der Waals surface area contributed by atoms with Crippen molar-refractivity contribution in [3.63, 3.8) is 0 Å². The molecule has 0 spiro atoms. The molecule has 0 aliphatic rings. The van der Waals surface area contributed by atoms with E-state index >= 15 is 0 Å². The Hall–Kier alpha value is -3.53. The molecule has 0 saturated heterocycles. The van der Waals surface area contributed by atoms with Crippen molar-refractivity contribution in [1.29, 1.82) is 0 Å². The average Bonchev–Trinajstić information content (AvgIpc) is 3.11. The van der Waals surface area contributed by atoms with Crippen molar-refractivity contribution >= 4 is 40.6 Å². The van der Waals surface area contributed by atoms with Gasteiger partial charge in [-0.25, -0.2) is 14.4 Å². The number of anilines is 3. The van der Waals surface area contributed by atoms with Gasteiger partial charge in [-0.3, -0.25) is 14.3 Å². The molecule has 0 aliphatic heterocycles. The van der Waals surface area contributed by atoms with E-state index in [0.29, 0.717) is 11.3 Å². The average molecular weight is 404 g/mol. The number of aromatic nitrogens is 4. The van der Waals surface area contributed by atoms with Gasteiger partial charge >= 0.3 is 0 Å². The van der Waals surface area contributed by atoms with Gasteiger partial charge in [0, 0.05) is 18.6 Å². The van der Waals surface area contributed by atoms with Crippen LogP contribution in [0.25, 0.3) is 0 Å². The fraction of sp³-hybridized carbons (Fsp3) is 0.118. The lowest BCUT2D eigenvalue weighted by Crippen LogP contribution is -2.16. The number of carbonyl (C=O) groups excluding carboxylic acids is 2. The Morgan fingerprint density at radius 2 is 2.00 bits per heavy atom. The van der Waals surface area contributed by atoms with Crippen LogP contribution in [0.4, 0.5) is 21.6 Å². The quantitative estimate of drug-likeness (QED) is 0.539. The lowest BCUT2D eigenvalue weighted by atomic mass is 10.2. The molecule has 0 radical (unpaired) electrons. The Balaban J connectivity index is 1.69. The molecule has 144 valence electrons. The molecule has 2 aromatic heterocycles. The summed E-state index contributed by atoms with van der Waals surface area (Å²) in [5.74, 6) is -1.85. The molecular formula is C17H15ClFN7O2. The fourth-order valence-corrected chi connectivity index (χ4v) is 2.43. The molecular weight excluding hydrogens is 389 g/mol. The fourth-order valence-electron chi connectivity index (χ4n) is 2.37. The topological polar surface area (TPSA) is 128 Å².